The summed E-state index contributed by atoms with van der Waals surface area (Å²) in [6, 6.07) is 8.23. The Morgan fingerprint density at radius 2 is 2.07 bits per heavy atom. The van der Waals surface area contributed by atoms with Crippen LogP contribution >= 0.6 is 0 Å². The van der Waals surface area contributed by atoms with E-state index >= 15 is 0 Å². The van der Waals surface area contributed by atoms with Crippen LogP contribution in [-0.2, 0) is 0 Å². The summed E-state index contributed by atoms with van der Waals surface area (Å²) in [6.45, 7) is 2.98. The van der Waals surface area contributed by atoms with Gasteiger partial charge in [-0.25, -0.2) is 0 Å². The molecule has 1 heteroatoms. The Morgan fingerprint density at radius 1 is 1.29 bits per heavy atom. The van der Waals surface area contributed by atoms with E-state index in [0.717, 1.165) is 18.3 Å². The van der Waals surface area contributed by atoms with Gasteiger partial charge in [0, 0.05) is 0 Å². The van der Waals surface area contributed by atoms with E-state index in [2.05, 4.69) is 19.1 Å². The molecule has 0 atom stereocenters. The van der Waals surface area contributed by atoms with Crippen molar-refractivity contribution in [3.05, 3.63) is 29.8 Å². The van der Waals surface area contributed by atoms with Crippen molar-refractivity contribution in [3.8, 4) is 5.75 Å². The average Bonchev–Trinajstić information content (AvgIpc) is 2.12. The van der Waals surface area contributed by atoms with Gasteiger partial charge in [0.2, 0.25) is 0 Å². The van der Waals surface area contributed by atoms with Crippen LogP contribution in [-0.4, -0.2) is 6.61 Å². The van der Waals surface area contributed by atoms with E-state index in [1.807, 2.05) is 12.1 Å². The molecule has 0 aromatic heterocycles. The topological polar surface area (TPSA) is 9.23 Å². The summed E-state index contributed by atoms with van der Waals surface area (Å²) < 4.78 is 5.74. The second-order valence-corrected chi connectivity index (χ2v) is 4.20. The molecule has 1 aromatic rings. The molecule has 1 aliphatic carbocycles. The molecule has 76 valence electrons. The lowest BCUT2D eigenvalue weighted by molar-refractivity contribution is 0.221. The second-order valence-electron chi connectivity index (χ2n) is 4.20. The molecule has 0 N–H and O–H groups in total. The summed E-state index contributed by atoms with van der Waals surface area (Å²) >= 11 is 0. The molecule has 0 spiro atoms. The summed E-state index contributed by atoms with van der Waals surface area (Å²) in [5.74, 6) is 1.99. The largest absolute Gasteiger partial charge is 0.493 e. The molecule has 1 aliphatic rings. The van der Waals surface area contributed by atoms with Gasteiger partial charge in [-0.1, -0.05) is 37.5 Å². The third kappa shape index (κ3) is 2.28. The number of para-hydroxylation sites is 1. The smallest absolute Gasteiger partial charge is 0.122 e. The van der Waals surface area contributed by atoms with Crippen molar-refractivity contribution < 1.29 is 4.74 Å². The first-order chi connectivity index (χ1) is 6.86. The third-order valence-electron chi connectivity index (χ3n) is 3.10. The van der Waals surface area contributed by atoms with Gasteiger partial charge in [0.25, 0.3) is 0 Å². The fourth-order valence-corrected chi connectivity index (χ4v) is 1.84. The van der Waals surface area contributed by atoms with Gasteiger partial charge in [-0.3, -0.25) is 0 Å². The van der Waals surface area contributed by atoms with E-state index in [1.165, 1.54) is 31.2 Å². The lowest BCUT2D eigenvalue weighted by Crippen LogP contribution is -2.14. The Balaban J connectivity index is 1.76. The first-order valence-corrected chi connectivity index (χ1v) is 5.54. The number of aryl methyl sites for hydroxylation is 1. The highest BCUT2D eigenvalue weighted by molar-refractivity contribution is 5.31. The quantitative estimate of drug-likeness (QED) is 0.705. The van der Waals surface area contributed by atoms with E-state index in [0.29, 0.717) is 0 Å². The lowest BCUT2D eigenvalue weighted by atomic mass is 9.83. The fraction of sp³-hybridized carbons (Fsp3) is 0.538. The van der Waals surface area contributed by atoms with Crippen LogP contribution in [0.5, 0.6) is 5.75 Å². The first kappa shape index (κ1) is 9.57. The number of rotatable bonds is 4. The SMILES string of the molecule is Cc1ccccc1OCCC1CCC1. The number of hydrogen-bond acceptors (Lipinski definition) is 1. The van der Waals surface area contributed by atoms with E-state index in [1.54, 1.807) is 0 Å². The molecular weight excluding hydrogens is 172 g/mol. The van der Waals surface area contributed by atoms with Crippen LogP contribution in [0, 0.1) is 12.8 Å². The number of ether oxygens (including phenoxy) is 1. The highest BCUT2D eigenvalue weighted by Gasteiger charge is 2.16. The Morgan fingerprint density at radius 3 is 2.71 bits per heavy atom. The average molecular weight is 190 g/mol. The maximum Gasteiger partial charge on any atom is 0.122 e. The summed E-state index contributed by atoms with van der Waals surface area (Å²) in [7, 11) is 0. The summed E-state index contributed by atoms with van der Waals surface area (Å²) in [5.41, 5.74) is 1.24. The Bertz CT molecular complexity index is 289. The zero-order valence-electron chi connectivity index (χ0n) is 8.83. The molecule has 1 fully saturated rings. The minimum atomic E-state index is 0.884. The van der Waals surface area contributed by atoms with E-state index in [9.17, 15) is 0 Å². The molecule has 0 saturated heterocycles. The summed E-state index contributed by atoms with van der Waals surface area (Å²) in [6.07, 6.45) is 5.48. The minimum Gasteiger partial charge on any atom is -0.493 e. The molecular formula is C13H18O. The zero-order chi connectivity index (χ0) is 9.80. The monoisotopic (exact) mass is 190 g/mol. The summed E-state index contributed by atoms with van der Waals surface area (Å²) in [4.78, 5) is 0. The van der Waals surface area contributed by atoms with Crippen LogP contribution in [0.2, 0.25) is 0 Å². The third-order valence-corrected chi connectivity index (χ3v) is 3.10. The fourth-order valence-electron chi connectivity index (χ4n) is 1.84. The molecule has 1 saturated carbocycles. The zero-order valence-corrected chi connectivity index (χ0v) is 8.83. The van der Waals surface area contributed by atoms with Gasteiger partial charge in [0.1, 0.15) is 5.75 Å². The van der Waals surface area contributed by atoms with Crippen LogP contribution in [0.3, 0.4) is 0 Å². The molecule has 2 rings (SSSR count). The Labute approximate surface area is 86.1 Å². The number of hydrogen-bond donors (Lipinski definition) is 0. The Hall–Kier alpha value is -0.980. The summed E-state index contributed by atoms with van der Waals surface area (Å²) in [5, 5.41) is 0. The van der Waals surface area contributed by atoms with Crippen LogP contribution < -0.4 is 4.74 Å². The van der Waals surface area contributed by atoms with Crippen LogP contribution in [0.1, 0.15) is 31.2 Å². The maximum atomic E-state index is 5.74. The second kappa shape index (κ2) is 4.50. The van der Waals surface area contributed by atoms with Crippen LogP contribution in [0.15, 0.2) is 24.3 Å². The van der Waals surface area contributed by atoms with Gasteiger partial charge in [0.15, 0.2) is 0 Å². The molecule has 1 nitrogen and oxygen atoms in total. The van der Waals surface area contributed by atoms with Crippen molar-refractivity contribution in [3.63, 3.8) is 0 Å². The van der Waals surface area contributed by atoms with Crippen molar-refractivity contribution in [2.24, 2.45) is 5.92 Å². The van der Waals surface area contributed by atoms with Gasteiger partial charge in [-0.15, -0.1) is 0 Å². The van der Waals surface area contributed by atoms with Gasteiger partial charge < -0.3 is 4.74 Å². The van der Waals surface area contributed by atoms with Crippen molar-refractivity contribution in [2.75, 3.05) is 6.61 Å². The van der Waals surface area contributed by atoms with Crippen LogP contribution in [0.25, 0.3) is 0 Å². The normalized spacial score (nSPS) is 16.4. The highest BCUT2D eigenvalue weighted by atomic mass is 16.5. The maximum absolute atomic E-state index is 5.74. The molecule has 0 radical (unpaired) electrons. The molecule has 14 heavy (non-hydrogen) atoms. The van der Waals surface area contributed by atoms with E-state index < -0.39 is 0 Å². The lowest BCUT2D eigenvalue weighted by Gasteiger charge is -2.25. The highest BCUT2D eigenvalue weighted by Crippen LogP contribution is 2.29. The van der Waals surface area contributed by atoms with Gasteiger partial charge in [-0.2, -0.15) is 0 Å². The molecule has 0 bridgehead atoms. The molecule has 0 heterocycles. The van der Waals surface area contributed by atoms with Crippen molar-refractivity contribution in [1.29, 1.82) is 0 Å². The van der Waals surface area contributed by atoms with E-state index in [4.69, 9.17) is 4.74 Å². The van der Waals surface area contributed by atoms with E-state index in [-0.39, 0.29) is 0 Å². The first-order valence-electron chi connectivity index (χ1n) is 5.54. The molecule has 1 aromatic carbocycles. The molecule has 0 aliphatic heterocycles. The standard InChI is InChI=1S/C13H18O/c1-11-5-2-3-8-13(11)14-10-9-12-6-4-7-12/h2-3,5,8,12H,4,6-7,9-10H2,1H3. The van der Waals surface area contributed by atoms with Crippen molar-refractivity contribution in [1.82, 2.24) is 0 Å². The molecule has 0 amide bonds. The van der Waals surface area contributed by atoms with Crippen molar-refractivity contribution >= 4 is 0 Å². The van der Waals surface area contributed by atoms with Crippen molar-refractivity contribution in [2.45, 2.75) is 32.6 Å². The predicted molar refractivity (Wildman–Crippen MR) is 58.6 cm³/mol. The van der Waals surface area contributed by atoms with Crippen LogP contribution in [0.4, 0.5) is 0 Å². The minimum absolute atomic E-state index is 0.884. The number of benzene rings is 1. The van der Waals surface area contributed by atoms with Gasteiger partial charge >= 0.3 is 0 Å². The Kier molecular flexibility index (Phi) is 3.07. The van der Waals surface area contributed by atoms with Gasteiger partial charge in [-0.05, 0) is 30.9 Å². The predicted octanol–water partition coefficient (Wildman–Crippen LogP) is 3.56. The van der Waals surface area contributed by atoms with Gasteiger partial charge in [0.05, 0.1) is 6.61 Å². The molecule has 0 unspecified atom stereocenters.